The van der Waals surface area contributed by atoms with Crippen LogP contribution in [-0.4, -0.2) is 43.1 Å². The van der Waals surface area contributed by atoms with Crippen LogP contribution in [0.15, 0.2) is 16.7 Å². The molecule has 8 nitrogen and oxygen atoms in total. The van der Waals surface area contributed by atoms with Gasteiger partial charge < -0.3 is 10.4 Å². The van der Waals surface area contributed by atoms with E-state index in [4.69, 9.17) is 5.11 Å². The van der Waals surface area contributed by atoms with E-state index >= 15 is 0 Å². The predicted molar refractivity (Wildman–Crippen MR) is 90.8 cm³/mol. The molecular weight excluding hydrogens is 378 g/mol. The van der Waals surface area contributed by atoms with Gasteiger partial charge in [0, 0.05) is 37.9 Å². The lowest BCUT2D eigenvalue weighted by molar-refractivity contribution is -0.121. The van der Waals surface area contributed by atoms with Crippen molar-refractivity contribution in [2.75, 3.05) is 6.54 Å². The van der Waals surface area contributed by atoms with Crippen molar-refractivity contribution in [3.8, 4) is 0 Å². The van der Waals surface area contributed by atoms with Gasteiger partial charge in [0.25, 0.3) is 0 Å². The largest absolute Gasteiger partial charge is 0.476 e. The number of aromatic nitrogens is 4. The summed E-state index contributed by atoms with van der Waals surface area (Å²) in [5.74, 6) is -1.16. The van der Waals surface area contributed by atoms with Gasteiger partial charge in [0.05, 0.1) is 10.2 Å². The van der Waals surface area contributed by atoms with Crippen LogP contribution in [0.2, 0.25) is 0 Å². The molecule has 0 saturated heterocycles. The Hall–Kier alpha value is -2.16. The van der Waals surface area contributed by atoms with Crippen molar-refractivity contribution in [3.05, 3.63) is 33.8 Å². The number of rotatable bonds is 8. The first-order chi connectivity index (χ1) is 11.4. The standard InChI is InChI=1S/C15H20BrN5O3/c1-10-14(16)11(2)21(18-10)7-3-6-17-13(22)5-9-20-8-4-12(19-20)15(23)24/h4,8H,3,5-7,9H2,1-2H3,(H,17,22)(H,23,24). The lowest BCUT2D eigenvalue weighted by Gasteiger charge is -2.07. The Morgan fingerprint density at radius 1 is 1.29 bits per heavy atom. The van der Waals surface area contributed by atoms with Gasteiger partial charge in [-0.2, -0.15) is 10.2 Å². The first-order valence-electron chi connectivity index (χ1n) is 7.61. The van der Waals surface area contributed by atoms with Gasteiger partial charge in [-0.05, 0) is 42.3 Å². The predicted octanol–water partition coefficient (Wildman–Crippen LogP) is 1.75. The minimum atomic E-state index is -1.08. The van der Waals surface area contributed by atoms with Crippen LogP contribution in [0.1, 0.15) is 34.7 Å². The Kier molecular flexibility index (Phi) is 6.13. The van der Waals surface area contributed by atoms with E-state index in [0.717, 1.165) is 28.8 Å². The Morgan fingerprint density at radius 2 is 2.04 bits per heavy atom. The zero-order chi connectivity index (χ0) is 17.7. The smallest absolute Gasteiger partial charge is 0.356 e. The number of aromatic carboxylic acids is 1. The van der Waals surface area contributed by atoms with Crippen molar-refractivity contribution in [1.82, 2.24) is 24.9 Å². The molecule has 2 rings (SSSR count). The Balaban J connectivity index is 1.67. The van der Waals surface area contributed by atoms with Gasteiger partial charge in [-0.3, -0.25) is 14.2 Å². The van der Waals surface area contributed by atoms with Crippen LogP contribution in [0.5, 0.6) is 0 Å². The zero-order valence-electron chi connectivity index (χ0n) is 13.6. The molecule has 0 aliphatic rings. The van der Waals surface area contributed by atoms with Crippen molar-refractivity contribution in [1.29, 1.82) is 0 Å². The molecule has 0 aliphatic carbocycles. The summed E-state index contributed by atoms with van der Waals surface area (Å²) in [7, 11) is 0. The van der Waals surface area contributed by atoms with E-state index in [1.165, 1.54) is 10.7 Å². The van der Waals surface area contributed by atoms with Crippen molar-refractivity contribution >= 4 is 27.8 Å². The highest BCUT2D eigenvalue weighted by Gasteiger charge is 2.09. The molecule has 0 aliphatic heterocycles. The Morgan fingerprint density at radius 3 is 2.62 bits per heavy atom. The fourth-order valence-corrected chi connectivity index (χ4v) is 2.54. The summed E-state index contributed by atoms with van der Waals surface area (Å²) in [6.45, 7) is 5.59. The molecule has 0 bridgehead atoms. The first-order valence-corrected chi connectivity index (χ1v) is 8.40. The molecule has 2 N–H and O–H groups in total. The number of carbonyl (C=O) groups excluding carboxylic acids is 1. The quantitative estimate of drug-likeness (QED) is 0.660. The van der Waals surface area contributed by atoms with Crippen LogP contribution >= 0.6 is 15.9 Å². The molecule has 24 heavy (non-hydrogen) atoms. The number of hydrogen-bond donors (Lipinski definition) is 2. The Labute approximate surface area is 148 Å². The van der Waals surface area contributed by atoms with Crippen molar-refractivity contribution in [2.45, 2.75) is 39.8 Å². The van der Waals surface area contributed by atoms with Crippen LogP contribution < -0.4 is 5.32 Å². The topological polar surface area (TPSA) is 102 Å². The number of halogens is 1. The molecule has 9 heteroatoms. The van der Waals surface area contributed by atoms with Crippen LogP contribution in [0.25, 0.3) is 0 Å². The van der Waals surface area contributed by atoms with E-state index < -0.39 is 5.97 Å². The summed E-state index contributed by atoms with van der Waals surface area (Å²) in [5, 5.41) is 19.9. The monoisotopic (exact) mass is 397 g/mol. The second-order valence-electron chi connectivity index (χ2n) is 5.43. The molecule has 0 spiro atoms. The molecule has 2 aromatic rings. The third-order valence-electron chi connectivity index (χ3n) is 3.59. The van der Waals surface area contributed by atoms with E-state index in [2.05, 4.69) is 31.4 Å². The fourth-order valence-electron chi connectivity index (χ4n) is 2.25. The molecule has 2 heterocycles. The molecule has 0 aromatic carbocycles. The maximum absolute atomic E-state index is 11.8. The van der Waals surface area contributed by atoms with Crippen molar-refractivity contribution in [3.63, 3.8) is 0 Å². The lowest BCUT2D eigenvalue weighted by Crippen LogP contribution is -2.26. The number of carboxylic acids is 1. The van der Waals surface area contributed by atoms with Gasteiger partial charge in [-0.25, -0.2) is 4.79 Å². The fraction of sp³-hybridized carbons (Fsp3) is 0.467. The second-order valence-corrected chi connectivity index (χ2v) is 6.22. The second kappa shape index (κ2) is 8.09. The van der Waals surface area contributed by atoms with Gasteiger partial charge in [-0.1, -0.05) is 0 Å². The molecular formula is C15H20BrN5O3. The highest BCUT2D eigenvalue weighted by molar-refractivity contribution is 9.10. The third kappa shape index (κ3) is 4.67. The van der Waals surface area contributed by atoms with Crippen LogP contribution in [0.3, 0.4) is 0 Å². The van der Waals surface area contributed by atoms with E-state index in [1.807, 2.05) is 18.5 Å². The molecule has 1 amide bonds. The summed E-state index contributed by atoms with van der Waals surface area (Å²) < 4.78 is 4.39. The summed E-state index contributed by atoms with van der Waals surface area (Å²) >= 11 is 3.49. The maximum Gasteiger partial charge on any atom is 0.356 e. The third-order valence-corrected chi connectivity index (χ3v) is 4.74. The number of aryl methyl sites for hydroxylation is 3. The van der Waals surface area contributed by atoms with E-state index in [9.17, 15) is 9.59 Å². The van der Waals surface area contributed by atoms with Crippen LogP contribution in [-0.2, 0) is 17.9 Å². The molecule has 0 fully saturated rings. The van der Waals surface area contributed by atoms with E-state index in [1.54, 1.807) is 6.20 Å². The van der Waals surface area contributed by atoms with Gasteiger partial charge in [-0.15, -0.1) is 0 Å². The average molecular weight is 398 g/mol. The minimum absolute atomic E-state index is 0.0218. The minimum Gasteiger partial charge on any atom is -0.476 e. The summed E-state index contributed by atoms with van der Waals surface area (Å²) in [4.78, 5) is 22.5. The number of carbonyl (C=O) groups is 2. The van der Waals surface area contributed by atoms with E-state index in [0.29, 0.717) is 13.1 Å². The van der Waals surface area contributed by atoms with E-state index in [-0.39, 0.29) is 18.0 Å². The van der Waals surface area contributed by atoms with Crippen LogP contribution in [0.4, 0.5) is 0 Å². The van der Waals surface area contributed by atoms with Gasteiger partial charge in [0.1, 0.15) is 0 Å². The highest BCUT2D eigenvalue weighted by atomic mass is 79.9. The molecule has 0 unspecified atom stereocenters. The van der Waals surface area contributed by atoms with Crippen molar-refractivity contribution < 1.29 is 14.7 Å². The van der Waals surface area contributed by atoms with Gasteiger partial charge in [0.15, 0.2) is 5.69 Å². The average Bonchev–Trinajstić information content (AvgIpc) is 3.11. The van der Waals surface area contributed by atoms with Crippen molar-refractivity contribution in [2.24, 2.45) is 0 Å². The lowest BCUT2D eigenvalue weighted by atomic mass is 10.3. The first kappa shape index (κ1) is 18.2. The molecule has 0 radical (unpaired) electrons. The maximum atomic E-state index is 11.8. The molecule has 0 saturated carbocycles. The Bertz CT molecular complexity index is 738. The normalized spacial score (nSPS) is 10.8. The van der Waals surface area contributed by atoms with Crippen LogP contribution in [0, 0.1) is 13.8 Å². The van der Waals surface area contributed by atoms with Gasteiger partial charge in [0.2, 0.25) is 5.91 Å². The summed E-state index contributed by atoms with van der Waals surface area (Å²) in [6, 6.07) is 1.41. The zero-order valence-corrected chi connectivity index (χ0v) is 15.2. The number of nitrogens with one attached hydrogen (secondary N) is 1. The molecule has 0 atom stereocenters. The highest BCUT2D eigenvalue weighted by Crippen LogP contribution is 2.19. The number of amides is 1. The molecule has 2 aromatic heterocycles. The van der Waals surface area contributed by atoms with Gasteiger partial charge >= 0.3 is 5.97 Å². The molecule has 130 valence electrons. The number of nitrogens with zero attached hydrogens (tertiary/aromatic N) is 4. The number of hydrogen-bond acceptors (Lipinski definition) is 4. The number of carboxylic acid groups (broad SMARTS) is 1. The summed E-state index contributed by atoms with van der Waals surface area (Å²) in [6.07, 6.45) is 2.59. The summed E-state index contributed by atoms with van der Waals surface area (Å²) in [5.41, 5.74) is 2.01. The SMILES string of the molecule is Cc1nn(CCCNC(=O)CCn2ccc(C(=O)O)n2)c(C)c1Br.